The van der Waals surface area contributed by atoms with Crippen molar-refractivity contribution in [2.45, 2.75) is 33.6 Å². The van der Waals surface area contributed by atoms with Crippen molar-refractivity contribution in [2.75, 3.05) is 0 Å². The predicted octanol–water partition coefficient (Wildman–Crippen LogP) is 4.60. The van der Waals surface area contributed by atoms with Crippen LogP contribution in [0.4, 0.5) is 0 Å². The van der Waals surface area contributed by atoms with Crippen LogP contribution in [-0.4, -0.2) is 22.0 Å². The topological polar surface area (TPSA) is 89.6 Å². The largest absolute Gasteiger partial charge is 0.480 e. The number of aryl methyl sites for hydroxylation is 1. The normalized spacial score (nSPS) is 11.5. The molecule has 0 atom stereocenters. The van der Waals surface area contributed by atoms with Crippen molar-refractivity contribution in [1.82, 2.24) is 4.98 Å². The molecular weight excluding hydrogens is 346 g/mol. The van der Waals surface area contributed by atoms with Crippen molar-refractivity contribution in [3.8, 4) is 17.2 Å². The molecule has 0 radical (unpaired) electrons. The maximum atomic E-state index is 12.7. The van der Waals surface area contributed by atoms with Gasteiger partial charge in [-0.25, -0.2) is 4.98 Å². The molecule has 3 rings (SSSR count). The molecule has 0 aliphatic heterocycles. The Morgan fingerprint density at radius 1 is 1.11 bits per heavy atom. The minimum absolute atomic E-state index is 0.156. The number of rotatable bonds is 6. The number of carboxylic acid groups (broad SMARTS) is 1. The van der Waals surface area contributed by atoms with Crippen LogP contribution in [0.1, 0.15) is 32.4 Å². The summed E-state index contributed by atoms with van der Waals surface area (Å²) in [6.07, 6.45) is 1.95. The lowest BCUT2D eigenvalue weighted by molar-refractivity contribution is -0.163. The number of aromatic nitrogens is 1. The lowest BCUT2D eigenvalue weighted by Gasteiger charge is -2.24. The number of esters is 1. The SMILES string of the molecule is CCC(CC)(C(=O)O)C(=O)Oc1cccc2c(-c3ncc(C)o3)cccc12. The first kappa shape index (κ1) is 18.6. The average Bonchev–Trinajstić information content (AvgIpc) is 3.09. The molecule has 0 amide bonds. The van der Waals surface area contributed by atoms with Crippen LogP contribution in [-0.2, 0) is 9.59 Å². The summed E-state index contributed by atoms with van der Waals surface area (Å²) < 4.78 is 11.2. The summed E-state index contributed by atoms with van der Waals surface area (Å²) in [5.74, 6) is -0.445. The number of ether oxygens (including phenoxy) is 1. The van der Waals surface area contributed by atoms with Crippen molar-refractivity contribution in [3.05, 3.63) is 48.4 Å². The van der Waals surface area contributed by atoms with E-state index in [4.69, 9.17) is 9.15 Å². The maximum Gasteiger partial charge on any atom is 0.328 e. The van der Waals surface area contributed by atoms with Crippen LogP contribution in [0.2, 0.25) is 0 Å². The summed E-state index contributed by atoms with van der Waals surface area (Å²) in [6.45, 7) is 5.16. The zero-order chi connectivity index (χ0) is 19.6. The number of nitrogens with zero attached hydrogens (tertiary/aromatic N) is 1. The number of oxazole rings is 1. The maximum absolute atomic E-state index is 12.7. The second-order valence-electron chi connectivity index (χ2n) is 6.42. The molecule has 0 spiro atoms. The molecule has 1 N–H and O–H groups in total. The molecule has 6 nitrogen and oxygen atoms in total. The van der Waals surface area contributed by atoms with Gasteiger partial charge in [-0.15, -0.1) is 0 Å². The predicted molar refractivity (Wildman–Crippen MR) is 100 cm³/mol. The zero-order valence-electron chi connectivity index (χ0n) is 15.5. The van der Waals surface area contributed by atoms with Crippen molar-refractivity contribution < 1.29 is 23.8 Å². The molecule has 0 aliphatic rings. The van der Waals surface area contributed by atoms with Gasteiger partial charge in [0.2, 0.25) is 5.89 Å². The van der Waals surface area contributed by atoms with Crippen LogP contribution in [0.15, 0.2) is 47.0 Å². The van der Waals surface area contributed by atoms with Crippen LogP contribution in [0.3, 0.4) is 0 Å². The van der Waals surface area contributed by atoms with Crippen LogP contribution in [0.25, 0.3) is 22.2 Å². The van der Waals surface area contributed by atoms with Crippen molar-refractivity contribution in [1.29, 1.82) is 0 Å². The molecule has 0 saturated carbocycles. The molecule has 3 aromatic rings. The van der Waals surface area contributed by atoms with Gasteiger partial charge in [-0.2, -0.15) is 0 Å². The van der Waals surface area contributed by atoms with E-state index >= 15 is 0 Å². The first-order chi connectivity index (χ1) is 12.9. The van der Waals surface area contributed by atoms with E-state index in [0.717, 1.165) is 10.9 Å². The van der Waals surface area contributed by atoms with Crippen molar-refractivity contribution >= 4 is 22.7 Å². The van der Waals surface area contributed by atoms with Crippen LogP contribution in [0, 0.1) is 12.3 Å². The number of fused-ring (bicyclic) bond motifs is 1. The number of carbonyl (C=O) groups excluding carboxylic acids is 1. The molecule has 1 aromatic heterocycles. The highest BCUT2D eigenvalue weighted by atomic mass is 16.5. The highest BCUT2D eigenvalue weighted by Gasteiger charge is 2.45. The first-order valence-electron chi connectivity index (χ1n) is 8.83. The Labute approximate surface area is 156 Å². The monoisotopic (exact) mass is 367 g/mol. The molecule has 1 heterocycles. The lowest BCUT2D eigenvalue weighted by atomic mass is 9.82. The highest BCUT2D eigenvalue weighted by Crippen LogP contribution is 2.35. The molecule has 0 aliphatic carbocycles. The molecule has 0 bridgehead atoms. The van der Waals surface area contributed by atoms with Gasteiger partial charge in [0.05, 0.1) is 6.20 Å². The average molecular weight is 367 g/mol. The minimum atomic E-state index is -1.56. The summed E-state index contributed by atoms with van der Waals surface area (Å²) in [6, 6.07) is 10.8. The van der Waals surface area contributed by atoms with E-state index < -0.39 is 17.4 Å². The third-order valence-corrected chi connectivity index (χ3v) is 4.94. The van der Waals surface area contributed by atoms with Crippen molar-refractivity contribution in [3.63, 3.8) is 0 Å². The second-order valence-corrected chi connectivity index (χ2v) is 6.42. The summed E-state index contributed by atoms with van der Waals surface area (Å²) in [5.41, 5.74) is -0.784. The Balaban J connectivity index is 2.06. The quantitative estimate of drug-likeness (QED) is 0.389. The van der Waals surface area contributed by atoms with Gasteiger partial charge in [0.15, 0.2) is 5.41 Å². The fourth-order valence-electron chi connectivity index (χ4n) is 3.16. The Hall–Kier alpha value is -3.15. The summed E-state index contributed by atoms with van der Waals surface area (Å²) in [7, 11) is 0. The van der Waals surface area contributed by atoms with Gasteiger partial charge in [0.25, 0.3) is 0 Å². The van der Waals surface area contributed by atoms with E-state index in [2.05, 4.69) is 4.98 Å². The van der Waals surface area contributed by atoms with E-state index in [1.54, 1.807) is 32.2 Å². The van der Waals surface area contributed by atoms with Crippen LogP contribution >= 0.6 is 0 Å². The first-order valence-corrected chi connectivity index (χ1v) is 8.83. The van der Waals surface area contributed by atoms with Gasteiger partial charge >= 0.3 is 11.9 Å². The Kier molecular flexibility index (Phi) is 4.99. The molecule has 0 fully saturated rings. The fraction of sp³-hybridized carbons (Fsp3) is 0.286. The van der Waals surface area contributed by atoms with E-state index in [0.29, 0.717) is 22.8 Å². The van der Waals surface area contributed by atoms with Crippen LogP contribution < -0.4 is 4.74 Å². The fourth-order valence-corrected chi connectivity index (χ4v) is 3.16. The third-order valence-electron chi connectivity index (χ3n) is 4.94. The molecule has 0 unspecified atom stereocenters. The summed E-state index contributed by atoms with van der Waals surface area (Å²) in [5, 5.41) is 11.0. The number of carboxylic acids is 1. The van der Waals surface area contributed by atoms with Gasteiger partial charge < -0.3 is 14.3 Å². The molecule has 0 saturated heterocycles. The van der Waals surface area contributed by atoms with Gasteiger partial charge in [-0.1, -0.05) is 38.1 Å². The smallest absolute Gasteiger partial charge is 0.328 e. The van der Waals surface area contributed by atoms with E-state index in [1.807, 2.05) is 31.2 Å². The minimum Gasteiger partial charge on any atom is -0.480 e. The number of aliphatic carboxylic acids is 1. The second kappa shape index (κ2) is 7.23. The Morgan fingerprint density at radius 2 is 1.78 bits per heavy atom. The molecule has 2 aromatic carbocycles. The van der Waals surface area contributed by atoms with Crippen LogP contribution in [0.5, 0.6) is 5.75 Å². The summed E-state index contributed by atoms with van der Waals surface area (Å²) in [4.78, 5) is 28.7. The highest BCUT2D eigenvalue weighted by molar-refractivity contribution is 6.03. The molecule has 6 heteroatoms. The van der Waals surface area contributed by atoms with E-state index in [-0.39, 0.29) is 12.8 Å². The summed E-state index contributed by atoms with van der Waals surface area (Å²) >= 11 is 0. The molecular formula is C21H21NO5. The third kappa shape index (κ3) is 3.18. The zero-order valence-corrected chi connectivity index (χ0v) is 15.5. The van der Waals surface area contributed by atoms with Gasteiger partial charge in [-0.05, 0) is 37.3 Å². The van der Waals surface area contributed by atoms with E-state index in [1.165, 1.54) is 0 Å². The van der Waals surface area contributed by atoms with Gasteiger partial charge in [0.1, 0.15) is 11.5 Å². The van der Waals surface area contributed by atoms with Crippen molar-refractivity contribution in [2.24, 2.45) is 5.41 Å². The Bertz CT molecular complexity index is 1000. The van der Waals surface area contributed by atoms with Gasteiger partial charge in [-0.3, -0.25) is 9.59 Å². The van der Waals surface area contributed by atoms with Gasteiger partial charge in [0, 0.05) is 10.9 Å². The number of benzene rings is 2. The molecule has 27 heavy (non-hydrogen) atoms. The molecule has 140 valence electrons. The number of carbonyl (C=O) groups is 2. The Morgan fingerprint density at radius 3 is 2.37 bits per heavy atom. The lowest BCUT2D eigenvalue weighted by Crippen LogP contribution is -2.41. The standard InChI is InChI=1S/C21H21NO5/c1-4-21(5-2,19(23)24)20(25)27-17-11-7-8-14-15(17)9-6-10-16(14)18-22-12-13(3)26-18/h6-12H,4-5H2,1-3H3,(H,23,24). The number of hydrogen-bond donors (Lipinski definition) is 1. The number of hydrogen-bond acceptors (Lipinski definition) is 5. The van der Waals surface area contributed by atoms with E-state index in [9.17, 15) is 14.7 Å².